The third-order valence-electron chi connectivity index (χ3n) is 5.25. The highest BCUT2D eigenvalue weighted by molar-refractivity contribution is 7.90. The lowest BCUT2D eigenvalue weighted by atomic mass is 9.97. The van der Waals surface area contributed by atoms with Crippen LogP contribution in [0.5, 0.6) is 11.5 Å². The van der Waals surface area contributed by atoms with Crippen LogP contribution in [0.3, 0.4) is 0 Å². The van der Waals surface area contributed by atoms with Crippen LogP contribution in [0.2, 0.25) is 0 Å². The topological polar surface area (TPSA) is 169 Å². The summed E-state index contributed by atoms with van der Waals surface area (Å²) in [6.07, 6.45) is 4.07. The molecular weight excluding hydrogens is 542 g/mol. The first kappa shape index (κ1) is 29.3. The number of rotatable bonds is 14. The fourth-order valence-corrected chi connectivity index (χ4v) is 4.92. The van der Waals surface area contributed by atoms with E-state index >= 15 is 0 Å². The molecule has 0 spiro atoms. The molecule has 0 aliphatic heterocycles. The number of nitro groups is 1. The zero-order chi connectivity index (χ0) is 27.8. The van der Waals surface area contributed by atoms with Crippen molar-refractivity contribution in [2.45, 2.75) is 24.7 Å². The van der Waals surface area contributed by atoms with Crippen LogP contribution in [0, 0.1) is 10.1 Å². The number of nitro benzene ring substituents is 1. The lowest BCUT2D eigenvalue weighted by Gasteiger charge is -2.29. The van der Waals surface area contributed by atoms with E-state index in [-0.39, 0.29) is 60.7 Å². The van der Waals surface area contributed by atoms with Crippen LogP contribution in [0.4, 0.5) is 5.69 Å². The molecule has 2 aromatic carbocycles. The molecule has 0 aromatic heterocycles. The average Bonchev–Trinajstić information content (AvgIpc) is 2.84. The van der Waals surface area contributed by atoms with Crippen LogP contribution < -0.4 is 9.47 Å². The zero-order valence-corrected chi connectivity index (χ0v) is 22.0. The lowest BCUT2D eigenvalue weighted by molar-refractivity contribution is -0.385. The van der Waals surface area contributed by atoms with Gasteiger partial charge in [0.1, 0.15) is 18.0 Å². The minimum Gasteiger partial charge on any atom is -0.487 e. The van der Waals surface area contributed by atoms with Gasteiger partial charge in [0.25, 0.3) is 25.9 Å². The number of ether oxygens (including phenoxy) is 3. The van der Waals surface area contributed by atoms with Gasteiger partial charge in [0.05, 0.1) is 35.7 Å². The Hall–Kier alpha value is -3.30. The summed E-state index contributed by atoms with van der Waals surface area (Å²) in [5.41, 5.74) is -0.644. The molecule has 0 radical (unpaired) electrons. The van der Waals surface area contributed by atoms with Crippen LogP contribution in [-0.4, -0.2) is 58.3 Å². The van der Waals surface area contributed by atoms with Crippen molar-refractivity contribution in [3.05, 3.63) is 87.3 Å². The maximum Gasteiger partial charge on any atom is 0.294 e. The molecular formula is C24H27NO11S2. The maximum absolute atomic E-state index is 12.0. The molecule has 0 heterocycles. The molecule has 3 rings (SSSR count). The van der Waals surface area contributed by atoms with Gasteiger partial charge in [0.2, 0.25) is 0 Å². The number of benzene rings is 2. The summed E-state index contributed by atoms with van der Waals surface area (Å²) < 4.78 is 77.7. The molecule has 38 heavy (non-hydrogen) atoms. The second kappa shape index (κ2) is 12.5. The Morgan fingerprint density at radius 2 is 1.71 bits per heavy atom. The van der Waals surface area contributed by atoms with Crippen LogP contribution in [0.25, 0.3) is 0 Å². The highest BCUT2D eigenvalue weighted by Crippen LogP contribution is 2.36. The molecule has 1 unspecified atom stereocenters. The van der Waals surface area contributed by atoms with Gasteiger partial charge >= 0.3 is 0 Å². The van der Waals surface area contributed by atoms with Crippen LogP contribution in [-0.2, 0) is 34.9 Å². The molecule has 1 N–H and O–H groups in total. The number of non-ortho nitro benzene ring substituents is 1. The first-order valence-corrected chi connectivity index (χ1v) is 14.3. The van der Waals surface area contributed by atoms with Crippen molar-refractivity contribution in [2.75, 3.05) is 26.4 Å². The molecule has 0 saturated heterocycles. The Morgan fingerprint density at radius 3 is 2.34 bits per heavy atom. The van der Waals surface area contributed by atoms with E-state index in [9.17, 15) is 31.5 Å². The average molecular weight is 570 g/mol. The second-order valence-electron chi connectivity index (χ2n) is 8.39. The lowest BCUT2D eigenvalue weighted by Crippen LogP contribution is -2.31. The molecule has 0 saturated carbocycles. The summed E-state index contributed by atoms with van der Waals surface area (Å²) in [5.74, 6) is -0.0291. The fraction of sp³-hybridized carbons (Fsp3) is 0.333. The molecule has 12 nitrogen and oxygen atoms in total. The monoisotopic (exact) mass is 569 g/mol. The molecule has 0 fully saturated rings. The molecule has 1 aliphatic rings. The van der Waals surface area contributed by atoms with Crippen molar-refractivity contribution in [2.24, 2.45) is 0 Å². The van der Waals surface area contributed by atoms with Gasteiger partial charge in [-0.3, -0.25) is 18.9 Å². The van der Waals surface area contributed by atoms with E-state index in [1.54, 1.807) is 37.3 Å². The number of nitrogens with zero attached hydrogens (tertiary/aromatic N) is 1. The van der Waals surface area contributed by atoms with Crippen LogP contribution in [0.1, 0.15) is 18.9 Å². The van der Waals surface area contributed by atoms with Crippen molar-refractivity contribution >= 4 is 25.9 Å². The third-order valence-corrected chi connectivity index (χ3v) is 7.36. The summed E-state index contributed by atoms with van der Waals surface area (Å²) >= 11 is 0. The van der Waals surface area contributed by atoms with Gasteiger partial charge in [-0.1, -0.05) is 36.4 Å². The molecule has 206 valence electrons. The van der Waals surface area contributed by atoms with Gasteiger partial charge in [-0.15, -0.1) is 0 Å². The van der Waals surface area contributed by atoms with Gasteiger partial charge in [0.15, 0.2) is 11.5 Å². The Kier molecular flexibility index (Phi) is 9.62. The van der Waals surface area contributed by atoms with Crippen molar-refractivity contribution < 1.29 is 44.7 Å². The molecule has 2 aromatic rings. The number of hydrogen-bond donors (Lipinski definition) is 1. The Bertz CT molecular complexity index is 1400. The predicted octanol–water partition coefficient (Wildman–Crippen LogP) is 3.41. The van der Waals surface area contributed by atoms with E-state index < -0.39 is 30.8 Å². The standard InChI is InChI=1S/C24H27NO11S2/c1-24(11-9-21(10-12-24)38(30,31)32)36-22-8-7-20(25(26)27)17-23(22)34-15-13-33-14-16-35-37(28,29)18-19-5-3-2-4-6-19/h2-11,17H,12-16,18H2,1H3,(H,30,31,32). The largest absolute Gasteiger partial charge is 0.487 e. The van der Waals surface area contributed by atoms with Gasteiger partial charge in [-0.25, -0.2) is 0 Å². The van der Waals surface area contributed by atoms with E-state index in [4.69, 9.17) is 18.4 Å². The molecule has 0 bridgehead atoms. The quantitative estimate of drug-likeness (QED) is 0.116. The van der Waals surface area contributed by atoms with E-state index in [1.807, 2.05) is 0 Å². The van der Waals surface area contributed by atoms with E-state index in [0.29, 0.717) is 5.56 Å². The third kappa shape index (κ3) is 8.92. The molecule has 0 amide bonds. The summed E-state index contributed by atoms with van der Waals surface area (Å²) in [5, 5.41) is 11.2. The highest BCUT2D eigenvalue weighted by atomic mass is 32.2. The first-order chi connectivity index (χ1) is 17.9. The Morgan fingerprint density at radius 1 is 1.00 bits per heavy atom. The summed E-state index contributed by atoms with van der Waals surface area (Å²) in [7, 11) is -8.12. The van der Waals surface area contributed by atoms with E-state index in [1.165, 1.54) is 36.4 Å². The second-order valence-corrected chi connectivity index (χ2v) is 11.5. The van der Waals surface area contributed by atoms with Crippen molar-refractivity contribution in [3.63, 3.8) is 0 Å². The summed E-state index contributed by atoms with van der Waals surface area (Å²) in [6, 6.07) is 12.4. The van der Waals surface area contributed by atoms with E-state index in [2.05, 4.69) is 0 Å². The zero-order valence-electron chi connectivity index (χ0n) is 20.4. The van der Waals surface area contributed by atoms with E-state index in [0.717, 1.165) is 0 Å². The maximum atomic E-state index is 12.0. The minimum atomic E-state index is -4.35. The van der Waals surface area contributed by atoms with Crippen LogP contribution >= 0.6 is 0 Å². The summed E-state index contributed by atoms with van der Waals surface area (Å²) in [6.45, 7) is 1.45. The van der Waals surface area contributed by atoms with Crippen molar-refractivity contribution in [1.29, 1.82) is 0 Å². The van der Waals surface area contributed by atoms with Gasteiger partial charge < -0.3 is 14.2 Å². The Labute approximate surface area is 220 Å². The van der Waals surface area contributed by atoms with Crippen molar-refractivity contribution in [3.8, 4) is 11.5 Å². The van der Waals surface area contributed by atoms with Crippen molar-refractivity contribution in [1.82, 2.24) is 0 Å². The van der Waals surface area contributed by atoms with Gasteiger partial charge in [-0.05, 0) is 30.7 Å². The molecule has 14 heteroatoms. The van der Waals surface area contributed by atoms with Gasteiger partial charge in [-0.2, -0.15) is 16.8 Å². The van der Waals surface area contributed by atoms with Gasteiger partial charge in [0, 0.05) is 12.5 Å². The minimum absolute atomic E-state index is 0.0268. The Balaban J connectivity index is 1.51. The highest BCUT2D eigenvalue weighted by Gasteiger charge is 2.29. The van der Waals surface area contributed by atoms with Crippen LogP contribution in [0.15, 0.2) is 71.7 Å². The first-order valence-electron chi connectivity index (χ1n) is 11.3. The molecule has 1 aliphatic carbocycles. The fourth-order valence-electron chi connectivity index (χ4n) is 3.38. The normalized spacial score (nSPS) is 17.6. The summed E-state index contributed by atoms with van der Waals surface area (Å²) in [4.78, 5) is 10.4. The number of hydrogen-bond acceptors (Lipinski definition) is 10. The molecule has 1 atom stereocenters. The number of allylic oxidation sites excluding steroid dienone is 1. The predicted molar refractivity (Wildman–Crippen MR) is 137 cm³/mol. The smallest absolute Gasteiger partial charge is 0.294 e. The SMILES string of the molecule is CC1(Oc2ccc([N+](=O)[O-])cc2OCCOCCOS(=O)(=O)Cc2ccccc2)C=CC(S(=O)(=O)O)=CC1.